The van der Waals surface area contributed by atoms with Crippen LogP contribution in [0, 0.1) is 11.6 Å². The third-order valence-corrected chi connectivity index (χ3v) is 4.84. The molecule has 0 unspecified atom stereocenters. The molecule has 0 amide bonds. The van der Waals surface area contributed by atoms with Crippen molar-refractivity contribution >= 4 is 15.5 Å². The first-order chi connectivity index (χ1) is 9.92. The number of nitrogens with one attached hydrogen (secondary N) is 1. The van der Waals surface area contributed by atoms with Gasteiger partial charge in [0.05, 0.1) is 10.6 Å². The van der Waals surface area contributed by atoms with E-state index in [0.29, 0.717) is 11.3 Å². The summed E-state index contributed by atoms with van der Waals surface area (Å²) in [5, 5.41) is 2.96. The quantitative estimate of drug-likeness (QED) is 0.921. The minimum atomic E-state index is -3.22. The average molecular weight is 311 g/mol. The molecule has 2 rings (SSSR count). The molecule has 6 heteroatoms. The van der Waals surface area contributed by atoms with Crippen LogP contribution in [0.2, 0.25) is 0 Å². The summed E-state index contributed by atoms with van der Waals surface area (Å²) < 4.78 is 49.6. The number of hydrogen-bond donors (Lipinski definition) is 1. The van der Waals surface area contributed by atoms with E-state index >= 15 is 0 Å². The van der Waals surface area contributed by atoms with Crippen LogP contribution in [0.4, 0.5) is 14.5 Å². The molecule has 0 atom stereocenters. The van der Waals surface area contributed by atoms with Gasteiger partial charge >= 0.3 is 0 Å². The van der Waals surface area contributed by atoms with Gasteiger partial charge in [0.25, 0.3) is 0 Å². The second-order valence-electron chi connectivity index (χ2n) is 4.52. The van der Waals surface area contributed by atoms with Gasteiger partial charge in [-0.25, -0.2) is 17.2 Å². The topological polar surface area (TPSA) is 46.2 Å². The van der Waals surface area contributed by atoms with Crippen molar-refractivity contribution in [1.29, 1.82) is 0 Å². The summed E-state index contributed by atoms with van der Waals surface area (Å²) in [6.45, 7) is 1.77. The van der Waals surface area contributed by atoms with Gasteiger partial charge in [0.15, 0.2) is 9.84 Å². The number of hydrogen-bond acceptors (Lipinski definition) is 3. The van der Waals surface area contributed by atoms with E-state index in [4.69, 9.17) is 0 Å². The summed E-state index contributed by atoms with van der Waals surface area (Å²) in [5.41, 5.74) is 0.996. The smallest absolute Gasteiger partial charge is 0.178 e. The molecule has 0 heterocycles. The van der Waals surface area contributed by atoms with E-state index in [2.05, 4.69) is 5.32 Å². The zero-order valence-corrected chi connectivity index (χ0v) is 12.3. The van der Waals surface area contributed by atoms with Crippen LogP contribution < -0.4 is 5.32 Å². The molecule has 0 aliphatic heterocycles. The maximum atomic E-state index is 13.5. The van der Waals surface area contributed by atoms with E-state index in [1.54, 1.807) is 19.1 Å². The van der Waals surface area contributed by atoms with Crippen LogP contribution in [-0.2, 0) is 16.4 Å². The molecule has 112 valence electrons. The zero-order valence-electron chi connectivity index (χ0n) is 11.4. The molecule has 0 aliphatic rings. The summed E-state index contributed by atoms with van der Waals surface area (Å²) >= 11 is 0. The maximum Gasteiger partial charge on any atom is 0.178 e. The van der Waals surface area contributed by atoms with Gasteiger partial charge in [-0.15, -0.1) is 0 Å². The number of halogens is 2. The number of benzene rings is 2. The van der Waals surface area contributed by atoms with Crippen LogP contribution in [-0.4, -0.2) is 14.2 Å². The summed E-state index contributed by atoms with van der Waals surface area (Å²) in [6, 6.07) is 9.62. The van der Waals surface area contributed by atoms with Gasteiger partial charge in [-0.1, -0.05) is 13.0 Å². The third kappa shape index (κ3) is 3.78. The Morgan fingerprint density at radius 2 is 1.71 bits per heavy atom. The van der Waals surface area contributed by atoms with Crippen LogP contribution in [0.15, 0.2) is 47.4 Å². The van der Waals surface area contributed by atoms with E-state index in [9.17, 15) is 17.2 Å². The Bertz CT molecular complexity index is 728. The molecule has 0 saturated heterocycles. The molecule has 21 heavy (non-hydrogen) atoms. The Balaban J connectivity index is 2.07. The van der Waals surface area contributed by atoms with Gasteiger partial charge in [0.2, 0.25) is 0 Å². The number of rotatable bonds is 5. The van der Waals surface area contributed by atoms with Crippen LogP contribution in [0.1, 0.15) is 12.5 Å². The largest absolute Gasteiger partial charge is 0.381 e. The van der Waals surface area contributed by atoms with E-state index in [1.807, 2.05) is 0 Å². The van der Waals surface area contributed by atoms with Crippen molar-refractivity contribution in [3.8, 4) is 0 Å². The first-order valence-electron chi connectivity index (χ1n) is 6.43. The lowest BCUT2D eigenvalue weighted by molar-refractivity contribution is 0.574. The highest BCUT2D eigenvalue weighted by molar-refractivity contribution is 7.91. The molecule has 0 fully saturated rings. The standard InChI is InChI=1S/C15H15F2NO2S/c1-2-21(19,20)14-7-5-13(6-8-14)18-10-11-3-4-12(16)9-15(11)17/h3-9,18H,2,10H2,1H3. The molecule has 0 saturated carbocycles. The molecular formula is C15H15F2NO2S. The monoisotopic (exact) mass is 311 g/mol. The highest BCUT2D eigenvalue weighted by atomic mass is 32.2. The van der Waals surface area contributed by atoms with Gasteiger partial charge < -0.3 is 5.32 Å². The lowest BCUT2D eigenvalue weighted by Crippen LogP contribution is -2.05. The fraction of sp³-hybridized carbons (Fsp3) is 0.200. The number of sulfone groups is 1. The first kappa shape index (κ1) is 15.4. The molecule has 0 radical (unpaired) electrons. The normalized spacial score (nSPS) is 11.4. The summed E-state index contributed by atoms with van der Waals surface area (Å²) in [4.78, 5) is 0.253. The second kappa shape index (κ2) is 6.22. The van der Waals surface area contributed by atoms with E-state index in [1.165, 1.54) is 24.3 Å². The van der Waals surface area contributed by atoms with E-state index in [-0.39, 0.29) is 17.2 Å². The van der Waals surface area contributed by atoms with Crippen molar-refractivity contribution in [3.05, 3.63) is 59.7 Å². The van der Waals surface area contributed by atoms with Gasteiger partial charge in [0, 0.05) is 23.9 Å². The predicted octanol–water partition coefficient (Wildman–Crippen LogP) is 3.37. The maximum absolute atomic E-state index is 13.5. The van der Waals surface area contributed by atoms with Gasteiger partial charge in [0.1, 0.15) is 11.6 Å². The molecule has 2 aromatic carbocycles. The highest BCUT2D eigenvalue weighted by Crippen LogP contribution is 2.17. The Morgan fingerprint density at radius 3 is 2.29 bits per heavy atom. The molecule has 0 spiro atoms. The summed E-state index contributed by atoms with van der Waals surface area (Å²) in [5.74, 6) is -1.20. The fourth-order valence-corrected chi connectivity index (χ4v) is 2.69. The van der Waals surface area contributed by atoms with Crippen molar-refractivity contribution in [2.24, 2.45) is 0 Å². The summed E-state index contributed by atoms with van der Waals surface area (Å²) in [7, 11) is -3.22. The third-order valence-electron chi connectivity index (χ3n) is 3.09. The molecule has 0 aromatic heterocycles. The van der Waals surface area contributed by atoms with Gasteiger partial charge in [-0.05, 0) is 30.3 Å². The van der Waals surface area contributed by atoms with Crippen LogP contribution >= 0.6 is 0 Å². The lowest BCUT2D eigenvalue weighted by Gasteiger charge is -2.08. The Morgan fingerprint density at radius 1 is 1.05 bits per heavy atom. The number of anilines is 1. The molecular weight excluding hydrogens is 296 g/mol. The van der Waals surface area contributed by atoms with Gasteiger partial charge in [-0.3, -0.25) is 0 Å². The van der Waals surface area contributed by atoms with E-state index < -0.39 is 21.5 Å². The lowest BCUT2D eigenvalue weighted by atomic mass is 10.2. The highest BCUT2D eigenvalue weighted by Gasteiger charge is 2.10. The van der Waals surface area contributed by atoms with Crippen molar-refractivity contribution in [2.75, 3.05) is 11.1 Å². The van der Waals surface area contributed by atoms with Crippen molar-refractivity contribution < 1.29 is 17.2 Å². The Hall–Kier alpha value is -1.95. The molecule has 2 aromatic rings. The fourth-order valence-electron chi connectivity index (χ4n) is 1.81. The second-order valence-corrected chi connectivity index (χ2v) is 6.80. The molecule has 1 N–H and O–H groups in total. The zero-order chi connectivity index (χ0) is 15.5. The predicted molar refractivity (Wildman–Crippen MR) is 77.9 cm³/mol. The minimum absolute atomic E-state index is 0.0422. The van der Waals surface area contributed by atoms with Crippen LogP contribution in [0.5, 0.6) is 0 Å². The summed E-state index contributed by atoms with van der Waals surface area (Å²) in [6.07, 6.45) is 0. The van der Waals surface area contributed by atoms with E-state index in [0.717, 1.165) is 6.07 Å². The minimum Gasteiger partial charge on any atom is -0.381 e. The molecule has 0 aliphatic carbocycles. The SMILES string of the molecule is CCS(=O)(=O)c1ccc(NCc2ccc(F)cc2F)cc1. The van der Waals surface area contributed by atoms with Crippen molar-refractivity contribution in [2.45, 2.75) is 18.4 Å². The Labute approximate surface area is 122 Å². The van der Waals surface area contributed by atoms with Crippen molar-refractivity contribution in [3.63, 3.8) is 0 Å². The molecule has 3 nitrogen and oxygen atoms in total. The molecule has 0 bridgehead atoms. The van der Waals surface area contributed by atoms with Gasteiger partial charge in [-0.2, -0.15) is 0 Å². The first-order valence-corrected chi connectivity index (χ1v) is 8.08. The van der Waals surface area contributed by atoms with Crippen LogP contribution in [0.25, 0.3) is 0 Å². The van der Waals surface area contributed by atoms with Crippen LogP contribution in [0.3, 0.4) is 0 Å². The van der Waals surface area contributed by atoms with Crippen molar-refractivity contribution in [1.82, 2.24) is 0 Å². The average Bonchev–Trinajstić information content (AvgIpc) is 2.47. The Kier molecular flexibility index (Phi) is 4.57.